The standard InChI is InChI=1S/C23H19ClFN3O3/c1-29-19-10-13(11-20(30-2)21(19)31-3)22-27-18-7-5-4-6-15(18)23(28-22)26-14-8-9-17(25)16(24)12-14/h4-12H,1-3H3,(H,26,27,28). The van der Waals surface area contributed by atoms with Gasteiger partial charge in [0.15, 0.2) is 17.3 Å². The summed E-state index contributed by atoms with van der Waals surface area (Å²) in [5.41, 5.74) is 2.02. The van der Waals surface area contributed by atoms with Crippen molar-refractivity contribution in [3.8, 4) is 28.6 Å². The first-order valence-electron chi connectivity index (χ1n) is 9.33. The number of hydrogen-bond donors (Lipinski definition) is 1. The van der Waals surface area contributed by atoms with Crippen molar-refractivity contribution >= 4 is 34.0 Å². The number of anilines is 2. The van der Waals surface area contributed by atoms with Gasteiger partial charge in [-0.05, 0) is 42.5 Å². The van der Waals surface area contributed by atoms with Crippen LogP contribution in [0, 0.1) is 5.82 Å². The Morgan fingerprint density at radius 2 is 1.58 bits per heavy atom. The Bertz CT molecular complexity index is 1240. The zero-order valence-corrected chi connectivity index (χ0v) is 17.8. The average molecular weight is 440 g/mol. The van der Waals surface area contributed by atoms with Gasteiger partial charge in [-0.3, -0.25) is 0 Å². The lowest BCUT2D eigenvalue weighted by atomic mass is 10.1. The highest BCUT2D eigenvalue weighted by atomic mass is 35.5. The van der Waals surface area contributed by atoms with Crippen LogP contribution in [-0.2, 0) is 0 Å². The predicted octanol–water partition coefficient (Wildman–Crippen LogP) is 5.86. The van der Waals surface area contributed by atoms with E-state index >= 15 is 0 Å². The third-order valence-electron chi connectivity index (χ3n) is 4.71. The summed E-state index contributed by atoms with van der Waals surface area (Å²) >= 11 is 5.93. The molecular formula is C23H19ClFN3O3. The van der Waals surface area contributed by atoms with Gasteiger partial charge in [-0.15, -0.1) is 0 Å². The Labute approximate surface area is 183 Å². The number of rotatable bonds is 6. The van der Waals surface area contributed by atoms with E-state index in [0.717, 1.165) is 10.9 Å². The van der Waals surface area contributed by atoms with E-state index in [1.165, 1.54) is 12.1 Å². The monoisotopic (exact) mass is 439 g/mol. The molecule has 0 saturated heterocycles. The SMILES string of the molecule is COc1cc(-c2nc(Nc3ccc(F)c(Cl)c3)c3ccccc3n2)cc(OC)c1OC. The third-order valence-corrected chi connectivity index (χ3v) is 5.00. The normalized spacial score (nSPS) is 10.7. The van der Waals surface area contributed by atoms with Crippen LogP contribution in [0.25, 0.3) is 22.3 Å². The minimum absolute atomic E-state index is 0.0215. The van der Waals surface area contributed by atoms with Gasteiger partial charge in [0.05, 0.1) is 31.9 Å². The van der Waals surface area contributed by atoms with Crippen LogP contribution in [0.1, 0.15) is 0 Å². The number of fused-ring (bicyclic) bond motifs is 1. The summed E-state index contributed by atoms with van der Waals surface area (Å²) in [6.07, 6.45) is 0. The van der Waals surface area contributed by atoms with Gasteiger partial charge in [0.25, 0.3) is 0 Å². The molecule has 1 N–H and O–H groups in total. The fourth-order valence-corrected chi connectivity index (χ4v) is 3.40. The van der Waals surface area contributed by atoms with E-state index < -0.39 is 5.82 Å². The van der Waals surface area contributed by atoms with Crippen LogP contribution in [0.2, 0.25) is 5.02 Å². The maximum atomic E-state index is 13.6. The molecule has 1 aromatic heterocycles. The maximum absolute atomic E-state index is 13.6. The van der Waals surface area contributed by atoms with Crippen LogP contribution in [0.5, 0.6) is 17.2 Å². The summed E-state index contributed by atoms with van der Waals surface area (Å²) in [4.78, 5) is 9.41. The van der Waals surface area contributed by atoms with Crippen molar-refractivity contribution in [1.29, 1.82) is 0 Å². The zero-order valence-electron chi connectivity index (χ0n) is 17.1. The number of nitrogens with zero attached hydrogens (tertiary/aromatic N) is 2. The van der Waals surface area contributed by atoms with E-state index in [1.54, 1.807) is 39.5 Å². The van der Waals surface area contributed by atoms with Gasteiger partial charge in [-0.1, -0.05) is 23.7 Å². The average Bonchev–Trinajstić information content (AvgIpc) is 2.80. The molecule has 4 rings (SSSR count). The Kier molecular flexibility index (Phi) is 5.77. The van der Waals surface area contributed by atoms with Gasteiger partial charge >= 0.3 is 0 Å². The Morgan fingerprint density at radius 1 is 0.871 bits per heavy atom. The van der Waals surface area contributed by atoms with Gasteiger partial charge in [-0.25, -0.2) is 14.4 Å². The second kappa shape index (κ2) is 8.65. The first-order valence-corrected chi connectivity index (χ1v) is 9.71. The van der Waals surface area contributed by atoms with E-state index in [1.807, 2.05) is 24.3 Å². The summed E-state index contributed by atoms with van der Waals surface area (Å²) in [6, 6.07) is 15.6. The minimum atomic E-state index is -0.488. The summed E-state index contributed by atoms with van der Waals surface area (Å²) in [6.45, 7) is 0. The number of halogens is 2. The molecule has 0 radical (unpaired) electrons. The molecule has 0 aliphatic rings. The number of aromatic nitrogens is 2. The molecule has 3 aromatic carbocycles. The molecule has 0 aliphatic carbocycles. The first-order chi connectivity index (χ1) is 15.0. The molecule has 0 bridgehead atoms. The lowest BCUT2D eigenvalue weighted by molar-refractivity contribution is 0.324. The lowest BCUT2D eigenvalue weighted by Gasteiger charge is -2.15. The fourth-order valence-electron chi connectivity index (χ4n) is 3.22. The molecule has 0 aliphatic heterocycles. The molecule has 0 unspecified atom stereocenters. The van der Waals surface area contributed by atoms with Crippen molar-refractivity contribution in [2.45, 2.75) is 0 Å². The predicted molar refractivity (Wildman–Crippen MR) is 119 cm³/mol. The molecule has 8 heteroatoms. The third kappa shape index (κ3) is 4.04. The van der Waals surface area contributed by atoms with Gasteiger partial charge < -0.3 is 19.5 Å². The first kappa shape index (κ1) is 20.7. The van der Waals surface area contributed by atoms with Crippen LogP contribution < -0.4 is 19.5 Å². The zero-order chi connectivity index (χ0) is 22.0. The number of hydrogen-bond acceptors (Lipinski definition) is 6. The van der Waals surface area contributed by atoms with Crippen LogP contribution in [0.3, 0.4) is 0 Å². The lowest BCUT2D eigenvalue weighted by Crippen LogP contribution is -2.01. The van der Waals surface area contributed by atoms with Crippen LogP contribution in [0.4, 0.5) is 15.9 Å². The van der Waals surface area contributed by atoms with Crippen molar-refractivity contribution in [3.63, 3.8) is 0 Å². The number of methoxy groups -OCH3 is 3. The van der Waals surface area contributed by atoms with E-state index in [4.69, 9.17) is 35.8 Å². The number of para-hydroxylation sites is 1. The van der Waals surface area contributed by atoms with Crippen molar-refractivity contribution < 1.29 is 18.6 Å². The van der Waals surface area contributed by atoms with Gasteiger partial charge in [0.1, 0.15) is 11.6 Å². The molecule has 0 saturated carbocycles. The number of benzene rings is 3. The topological polar surface area (TPSA) is 65.5 Å². The molecule has 0 spiro atoms. The molecule has 0 atom stereocenters. The summed E-state index contributed by atoms with van der Waals surface area (Å²) in [5.74, 6) is 1.99. The fraction of sp³-hybridized carbons (Fsp3) is 0.130. The van der Waals surface area contributed by atoms with Gasteiger partial charge in [-0.2, -0.15) is 0 Å². The molecule has 0 fully saturated rings. The van der Waals surface area contributed by atoms with Gasteiger partial charge in [0, 0.05) is 16.6 Å². The molecule has 6 nitrogen and oxygen atoms in total. The quantitative estimate of drug-likeness (QED) is 0.406. The van der Waals surface area contributed by atoms with E-state index in [2.05, 4.69) is 5.32 Å². The number of ether oxygens (including phenoxy) is 3. The largest absolute Gasteiger partial charge is 0.493 e. The number of nitrogens with one attached hydrogen (secondary N) is 1. The van der Waals surface area contributed by atoms with Crippen molar-refractivity contribution in [1.82, 2.24) is 9.97 Å². The van der Waals surface area contributed by atoms with Crippen molar-refractivity contribution in [2.24, 2.45) is 0 Å². The Hall–Kier alpha value is -3.58. The van der Waals surface area contributed by atoms with Crippen molar-refractivity contribution in [2.75, 3.05) is 26.6 Å². The Balaban J connectivity index is 1.87. The van der Waals surface area contributed by atoms with Crippen molar-refractivity contribution in [3.05, 3.63) is 65.4 Å². The second-order valence-electron chi connectivity index (χ2n) is 6.58. The highest BCUT2D eigenvalue weighted by molar-refractivity contribution is 6.31. The van der Waals surface area contributed by atoms with Crippen LogP contribution in [-0.4, -0.2) is 31.3 Å². The molecule has 31 heavy (non-hydrogen) atoms. The molecule has 158 valence electrons. The highest BCUT2D eigenvalue weighted by Crippen LogP contribution is 2.41. The van der Waals surface area contributed by atoms with E-state index in [0.29, 0.717) is 40.1 Å². The van der Waals surface area contributed by atoms with Crippen LogP contribution >= 0.6 is 11.6 Å². The molecule has 0 amide bonds. The smallest absolute Gasteiger partial charge is 0.203 e. The Morgan fingerprint density at radius 3 is 2.23 bits per heavy atom. The maximum Gasteiger partial charge on any atom is 0.203 e. The molecular weight excluding hydrogens is 421 g/mol. The highest BCUT2D eigenvalue weighted by Gasteiger charge is 2.17. The van der Waals surface area contributed by atoms with Gasteiger partial charge in [0.2, 0.25) is 5.75 Å². The molecule has 4 aromatic rings. The summed E-state index contributed by atoms with van der Waals surface area (Å²) in [7, 11) is 4.64. The minimum Gasteiger partial charge on any atom is -0.493 e. The molecule has 1 heterocycles. The van der Waals surface area contributed by atoms with E-state index in [9.17, 15) is 4.39 Å². The van der Waals surface area contributed by atoms with E-state index in [-0.39, 0.29) is 5.02 Å². The second-order valence-corrected chi connectivity index (χ2v) is 6.99. The van der Waals surface area contributed by atoms with Crippen LogP contribution in [0.15, 0.2) is 54.6 Å². The summed E-state index contributed by atoms with van der Waals surface area (Å²) < 4.78 is 29.9. The summed E-state index contributed by atoms with van der Waals surface area (Å²) in [5, 5.41) is 4.04.